The Kier molecular flexibility index (Phi) is 11.6. The maximum Gasteiger partial charge on any atom is 0.0490 e. The maximum absolute atomic E-state index is 8.64. The number of aliphatic hydroxyl groups is 1. The van der Waals surface area contributed by atoms with Gasteiger partial charge in [0.05, 0.1) is 0 Å². The average molecular weight is 219 g/mol. The third-order valence-corrected chi connectivity index (χ3v) is 2.87. The molecule has 2 nitrogen and oxygen atoms in total. The third kappa shape index (κ3) is 8.85. The van der Waals surface area contributed by atoms with Crippen LogP contribution < -0.4 is 0 Å². The number of aliphatic hydroxyl groups excluding tert-OH is 1. The number of hydrogen-bond acceptors (Lipinski definition) is 3. The number of thioether (sulfide) groups is 1. The Morgan fingerprint density at radius 2 is 2.07 bits per heavy atom. The van der Waals surface area contributed by atoms with E-state index in [2.05, 4.69) is 6.26 Å². The molecule has 1 radical (unpaired) electrons. The molecule has 0 aromatic rings. The Labute approximate surface area is 92.4 Å². The minimum absolute atomic E-state index is 0.323. The zero-order valence-corrected chi connectivity index (χ0v) is 10.0. The van der Waals surface area contributed by atoms with Crippen LogP contribution in [0.2, 0.25) is 0 Å². The molecule has 0 unspecified atom stereocenters. The summed E-state index contributed by atoms with van der Waals surface area (Å²) >= 11 is 1.65. The molecular weight excluding hydrogens is 196 g/mol. The van der Waals surface area contributed by atoms with Gasteiger partial charge in [0.2, 0.25) is 0 Å². The normalized spacial score (nSPS) is 13.1. The van der Waals surface area contributed by atoms with E-state index >= 15 is 0 Å². The zero-order chi connectivity index (χ0) is 10.6. The van der Waals surface area contributed by atoms with Crippen LogP contribution in [0.3, 0.4) is 0 Å². The molecule has 0 aliphatic carbocycles. The molecule has 0 heterocycles. The first kappa shape index (κ1) is 14.3. The van der Waals surface area contributed by atoms with E-state index in [1.54, 1.807) is 18.9 Å². The highest BCUT2D eigenvalue weighted by Gasteiger charge is 2.07. The van der Waals surface area contributed by atoms with E-state index in [1.807, 2.05) is 0 Å². The Morgan fingerprint density at radius 1 is 1.29 bits per heavy atom. The lowest BCUT2D eigenvalue weighted by Crippen LogP contribution is -2.09. The molecule has 0 aromatic carbocycles. The summed E-state index contributed by atoms with van der Waals surface area (Å²) in [5.41, 5.74) is 0. The van der Waals surface area contributed by atoms with E-state index in [0.29, 0.717) is 12.5 Å². The van der Waals surface area contributed by atoms with Crippen LogP contribution in [0.15, 0.2) is 0 Å². The monoisotopic (exact) mass is 219 g/mol. The Hall–Kier alpha value is 0.270. The van der Waals surface area contributed by atoms with E-state index < -0.39 is 0 Å². The summed E-state index contributed by atoms with van der Waals surface area (Å²) in [6, 6.07) is 0. The molecule has 0 rings (SSSR count). The van der Waals surface area contributed by atoms with Gasteiger partial charge in [0, 0.05) is 26.6 Å². The summed E-state index contributed by atoms with van der Waals surface area (Å²) in [5, 5.41) is 8.64. The van der Waals surface area contributed by atoms with Gasteiger partial charge in [0.25, 0.3) is 0 Å². The average Bonchev–Trinajstić information content (AvgIpc) is 2.20. The lowest BCUT2D eigenvalue weighted by atomic mass is 9.99. The molecule has 0 saturated heterocycles. The van der Waals surface area contributed by atoms with E-state index in [-0.39, 0.29) is 0 Å². The molecule has 0 aromatic heterocycles. The first-order valence-electron chi connectivity index (χ1n) is 5.32. The summed E-state index contributed by atoms with van der Waals surface area (Å²) in [5.74, 6) is 1.79. The number of unbranched alkanes of at least 4 members (excludes halogenated alkanes) is 2. The Balaban J connectivity index is 3.40. The standard InChI is InChI=1S/C11H23O2S/c1-13-10-11(7-9-14-2)6-4-3-5-8-12/h11-12H,2-10H2,1H3/t11-/m1/s1. The van der Waals surface area contributed by atoms with E-state index in [4.69, 9.17) is 9.84 Å². The van der Waals surface area contributed by atoms with Crippen molar-refractivity contribution < 1.29 is 9.84 Å². The van der Waals surface area contributed by atoms with Gasteiger partial charge in [0.15, 0.2) is 0 Å². The minimum atomic E-state index is 0.323. The van der Waals surface area contributed by atoms with Gasteiger partial charge in [-0.2, -0.15) is 11.8 Å². The molecule has 0 aliphatic heterocycles. The van der Waals surface area contributed by atoms with Gasteiger partial charge >= 0.3 is 0 Å². The van der Waals surface area contributed by atoms with Crippen LogP contribution in [0.25, 0.3) is 0 Å². The molecule has 85 valence electrons. The summed E-state index contributed by atoms with van der Waals surface area (Å²) in [6.45, 7) is 1.18. The van der Waals surface area contributed by atoms with Gasteiger partial charge < -0.3 is 9.84 Å². The number of ether oxygens (including phenoxy) is 1. The Bertz CT molecular complexity index is 109. The molecule has 1 atom stereocenters. The van der Waals surface area contributed by atoms with E-state index in [0.717, 1.165) is 25.2 Å². The van der Waals surface area contributed by atoms with Gasteiger partial charge in [-0.25, -0.2) is 0 Å². The fourth-order valence-electron chi connectivity index (χ4n) is 1.52. The summed E-state index contributed by atoms with van der Waals surface area (Å²) < 4.78 is 5.18. The summed E-state index contributed by atoms with van der Waals surface area (Å²) in [4.78, 5) is 0. The molecule has 0 aliphatic rings. The van der Waals surface area contributed by atoms with Crippen molar-refractivity contribution in [3.05, 3.63) is 6.26 Å². The zero-order valence-electron chi connectivity index (χ0n) is 9.21. The van der Waals surface area contributed by atoms with Crippen LogP contribution in [0.1, 0.15) is 32.1 Å². The lowest BCUT2D eigenvalue weighted by Gasteiger charge is -2.14. The van der Waals surface area contributed by atoms with Crippen LogP contribution in [0.5, 0.6) is 0 Å². The highest BCUT2D eigenvalue weighted by atomic mass is 32.2. The first-order chi connectivity index (χ1) is 6.85. The molecular formula is C11H23O2S. The first-order valence-corrected chi connectivity index (χ1v) is 6.47. The SMILES string of the molecule is [CH2]SCC[C@@H](CCCCCO)COC. The number of hydrogen-bond donors (Lipinski definition) is 1. The summed E-state index contributed by atoms with van der Waals surface area (Å²) in [7, 11) is 1.76. The van der Waals surface area contributed by atoms with Crippen LogP contribution in [-0.4, -0.2) is 31.2 Å². The van der Waals surface area contributed by atoms with Gasteiger partial charge in [-0.15, -0.1) is 0 Å². The van der Waals surface area contributed by atoms with Crippen molar-refractivity contribution in [2.24, 2.45) is 5.92 Å². The molecule has 0 fully saturated rings. The van der Waals surface area contributed by atoms with Crippen molar-refractivity contribution in [2.45, 2.75) is 32.1 Å². The fourth-order valence-corrected chi connectivity index (χ4v) is 2.02. The lowest BCUT2D eigenvalue weighted by molar-refractivity contribution is 0.144. The van der Waals surface area contributed by atoms with E-state index in [9.17, 15) is 0 Å². The van der Waals surface area contributed by atoms with Crippen molar-refractivity contribution >= 4 is 11.8 Å². The molecule has 1 N–H and O–H groups in total. The fraction of sp³-hybridized carbons (Fsp3) is 0.909. The quantitative estimate of drug-likeness (QED) is 0.573. The third-order valence-electron chi connectivity index (χ3n) is 2.34. The number of methoxy groups -OCH3 is 1. The van der Waals surface area contributed by atoms with E-state index in [1.165, 1.54) is 19.3 Å². The van der Waals surface area contributed by atoms with Crippen LogP contribution >= 0.6 is 11.8 Å². The van der Waals surface area contributed by atoms with Crippen molar-refractivity contribution in [1.29, 1.82) is 0 Å². The largest absolute Gasteiger partial charge is 0.396 e. The molecule has 0 saturated carbocycles. The predicted molar refractivity (Wildman–Crippen MR) is 63.4 cm³/mol. The molecule has 14 heavy (non-hydrogen) atoms. The van der Waals surface area contributed by atoms with Gasteiger partial charge in [-0.1, -0.05) is 12.8 Å². The minimum Gasteiger partial charge on any atom is -0.396 e. The predicted octanol–water partition coefficient (Wildman–Crippen LogP) is 2.72. The van der Waals surface area contributed by atoms with Crippen LogP contribution in [0.4, 0.5) is 0 Å². The smallest absolute Gasteiger partial charge is 0.0490 e. The summed E-state index contributed by atoms with van der Waals surface area (Å²) in [6.07, 6.45) is 9.45. The van der Waals surface area contributed by atoms with Gasteiger partial charge in [0.1, 0.15) is 0 Å². The van der Waals surface area contributed by atoms with Crippen LogP contribution in [0, 0.1) is 12.2 Å². The topological polar surface area (TPSA) is 29.5 Å². The second kappa shape index (κ2) is 11.3. The van der Waals surface area contributed by atoms with Gasteiger partial charge in [-0.05, 0) is 30.9 Å². The second-order valence-electron chi connectivity index (χ2n) is 3.59. The highest BCUT2D eigenvalue weighted by Crippen LogP contribution is 2.16. The maximum atomic E-state index is 8.64. The van der Waals surface area contributed by atoms with Crippen molar-refractivity contribution in [3.8, 4) is 0 Å². The van der Waals surface area contributed by atoms with Crippen LogP contribution in [-0.2, 0) is 4.74 Å². The molecule has 3 heteroatoms. The van der Waals surface area contributed by atoms with Crippen molar-refractivity contribution in [1.82, 2.24) is 0 Å². The molecule has 0 spiro atoms. The molecule has 0 bridgehead atoms. The highest BCUT2D eigenvalue weighted by molar-refractivity contribution is 8.00. The van der Waals surface area contributed by atoms with Crippen molar-refractivity contribution in [2.75, 3.05) is 26.1 Å². The van der Waals surface area contributed by atoms with Gasteiger partial charge in [-0.3, -0.25) is 0 Å². The van der Waals surface area contributed by atoms with Crippen molar-refractivity contribution in [3.63, 3.8) is 0 Å². The Morgan fingerprint density at radius 3 is 2.64 bits per heavy atom. The molecule has 0 amide bonds. The second-order valence-corrected chi connectivity index (χ2v) is 4.41. The number of rotatable bonds is 10.